The molecule has 168 valence electrons. The number of nitrogens with zero attached hydrogens (tertiary/aromatic N) is 4. The van der Waals surface area contributed by atoms with Gasteiger partial charge in [0.2, 0.25) is 0 Å². The second-order valence-electron chi connectivity index (χ2n) is 7.10. The number of rotatable bonds is 6. The zero-order valence-electron chi connectivity index (χ0n) is 17.8. The van der Waals surface area contributed by atoms with Gasteiger partial charge in [-0.1, -0.05) is 18.5 Å². The van der Waals surface area contributed by atoms with Gasteiger partial charge in [-0.2, -0.15) is 5.10 Å². The number of anilines is 2. The molecule has 3 N–H and O–H groups in total. The number of carbonyl (C=O) groups is 1. The first-order valence-corrected chi connectivity index (χ1v) is 10.4. The number of carbonyl (C=O) groups excluding carboxylic acids is 1. The summed E-state index contributed by atoms with van der Waals surface area (Å²) in [7, 11) is 0. The molecule has 33 heavy (non-hydrogen) atoms. The van der Waals surface area contributed by atoms with E-state index in [0.717, 1.165) is 0 Å². The third-order valence-corrected chi connectivity index (χ3v) is 5.29. The second-order valence-corrected chi connectivity index (χ2v) is 7.51. The van der Waals surface area contributed by atoms with E-state index in [1.807, 2.05) is 6.92 Å². The zero-order chi connectivity index (χ0) is 23.5. The summed E-state index contributed by atoms with van der Waals surface area (Å²) in [6.45, 7) is 3.62. The van der Waals surface area contributed by atoms with Gasteiger partial charge in [0.1, 0.15) is 11.6 Å². The summed E-state index contributed by atoms with van der Waals surface area (Å²) in [5, 5.41) is 7.38. The molecule has 10 heteroatoms. The molecule has 1 aromatic carbocycles. The van der Waals surface area contributed by atoms with E-state index in [1.165, 1.54) is 29.2 Å². The van der Waals surface area contributed by atoms with Crippen molar-refractivity contribution >= 4 is 29.0 Å². The fraction of sp³-hybridized carbons (Fsp3) is 0.130. The Balaban J connectivity index is 1.55. The lowest BCUT2D eigenvalue weighted by Crippen LogP contribution is -2.15. The molecule has 0 saturated heterocycles. The van der Waals surface area contributed by atoms with Gasteiger partial charge < -0.3 is 15.8 Å². The van der Waals surface area contributed by atoms with Crippen LogP contribution in [0.5, 0.6) is 11.5 Å². The number of hydrogen-bond donors (Lipinski definition) is 2. The standard InChI is InChI=1S/C23H20ClFN6O2/c1-3-18-15(12-29-31(18)22-16(24)5-4-9-28-22)23(32)30-14-6-7-20(17(25)11-14)33-19-8-10-27-21(26)13(19)2/h4-12H,3H2,1-2H3,(H2,26,27)(H,30,32). The van der Waals surface area contributed by atoms with Gasteiger partial charge in [-0.15, -0.1) is 0 Å². The van der Waals surface area contributed by atoms with Crippen LogP contribution in [0.4, 0.5) is 15.9 Å². The van der Waals surface area contributed by atoms with E-state index in [-0.39, 0.29) is 11.4 Å². The van der Waals surface area contributed by atoms with Gasteiger partial charge in [0.05, 0.1) is 22.5 Å². The van der Waals surface area contributed by atoms with Gasteiger partial charge >= 0.3 is 0 Å². The summed E-state index contributed by atoms with van der Waals surface area (Å²) in [6, 6.07) is 9.15. The molecule has 0 aliphatic heterocycles. The third-order valence-electron chi connectivity index (χ3n) is 4.99. The van der Waals surface area contributed by atoms with Crippen LogP contribution in [-0.4, -0.2) is 25.7 Å². The van der Waals surface area contributed by atoms with E-state index in [2.05, 4.69) is 20.4 Å². The van der Waals surface area contributed by atoms with Gasteiger partial charge in [-0.25, -0.2) is 19.0 Å². The average molecular weight is 467 g/mol. The van der Waals surface area contributed by atoms with Crippen molar-refractivity contribution < 1.29 is 13.9 Å². The van der Waals surface area contributed by atoms with Crippen LogP contribution in [0.3, 0.4) is 0 Å². The highest BCUT2D eigenvalue weighted by Crippen LogP contribution is 2.30. The van der Waals surface area contributed by atoms with Crippen LogP contribution in [0.1, 0.15) is 28.5 Å². The first-order chi connectivity index (χ1) is 15.9. The quantitative estimate of drug-likeness (QED) is 0.416. The molecule has 0 atom stereocenters. The minimum Gasteiger partial charge on any atom is -0.454 e. The lowest BCUT2D eigenvalue weighted by Gasteiger charge is -2.12. The molecule has 3 aromatic heterocycles. The molecule has 0 radical (unpaired) electrons. The Morgan fingerprint density at radius 3 is 2.76 bits per heavy atom. The Bertz CT molecular complexity index is 1340. The molecule has 0 unspecified atom stereocenters. The van der Waals surface area contributed by atoms with Gasteiger partial charge in [0.25, 0.3) is 5.91 Å². The Kier molecular flexibility index (Phi) is 6.23. The van der Waals surface area contributed by atoms with E-state index in [4.69, 9.17) is 22.1 Å². The van der Waals surface area contributed by atoms with E-state index in [0.29, 0.717) is 45.6 Å². The van der Waals surface area contributed by atoms with E-state index in [9.17, 15) is 9.18 Å². The Morgan fingerprint density at radius 1 is 1.21 bits per heavy atom. The smallest absolute Gasteiger partial charge is 0.259 e. The van der Waals surface area contributed by atoms with Crippen molar-refractivity contribution in [3.8, 4) is 17.3 Å². The van der Waals surface area contributed by atoms with Crippen LogP contribution in [0.15, 0.2) is 55.0 Å². The highest BCUT2D eigenvalue weighted by atomic mass is 35.5. The van der Waals surface area contributed by atoms with Crippen LogP contribution < -0.4 is 15.8 Å². The van der Waals surface area contributed by atoms with Crippen molar-refractivity contribution in [1.82, 2.24) is 19.7 Å². The van der Waals surface area contributed by atoms with Gasteiger partial charge in [0, 0.05) is 29.7 Å². The fourth-order valence-corrected chi connectivity index (χ4v) is 3.44. The lowest BCUT2D eigenvalue weighted by molar-refractivity contribution is 0.102. The van der Waals surface area contributed by atoms with Crippen LogP contribution in [0.25, 0.3) is 5.82 Å². The Labute approximate surface area is 194 Å². The number of nitrogens with one attached hydrogen (secondary N) is 1. The Morgan fingerprint density at radius 2 is 2.03 bits per heavy atom. The number of benzene rings is 1. The monoisotopic (exact) mass is 466 g/mol. The van der Waals surface area contributed by atoms with E-state index < -0.39 is 11.7 Å². The van der Waals surface area contributed by atoms with Crippen molar-refractivity contribution in [1.29, 1.82) is 0 Å². The van der Waals surface area contributed by atoms with Crippen molar-refractivity contribution in [2.75, 3.05) is 11.1 Å². The predicted molar refractivity (Wildman–Crippen MR) is 124 cm³/mol. The number of ether oxygens (including phenoxy) is 1. The molecule has 0 aliphatic rings. The minimum atomic E-state index is -0.644. The van der Waals surface area contributed by atoms with Gasteiger partial charge in [0.15, 0.2) is 17.4 Å². The molecule has 1 amide bonds. The van der Waals surface area contributed by atoms with Crippen LogP contribution in [-0.2, 0) is 6.42 Å². The Hall–Kier alpha value is -3.98. The molecule has 0 bridgehead atoms. The maximum Gasteiger partial charge on any atom is 0.259 e. The molecular weight excluding hydrogens is 447 g/mol. The predicted octanol–water partition coefficient (Wildman–Crippen LogP) is 4.95. The highest BCUT2D eigenvalue weighted by Gasteiger charge is 2.20. The summed E-state index contributed by atoms with van der Waals surface area (Å²) in [4.78, 5) is 21.1. The second kappa shape index (κ2) is 9.25. The number of nitrogen functional groups attached to an aromatic ring is 1. The molecule has 8 nitrogen and oxygen atoms in total. The highest BCUT2D eigenvalue weighted by molar-refractivity contribution is 6.32. The molecule has 0 aliphatic carbocycles. The summed E-state index contributed by atoms with van der Waals surface area (Å²) in [6.07, 6.45) is 5.01. The van der Waals surface area contributed by atoms with E-state index in [1.54, 1.807) is 37.4 Å². The molecule has 4 aromatic rings. The zero-order valence-corrected chi connectivity index (χ0v) is 18.6. The average Bonchev–Trinajstić information content (AvgIpc) is 3.23. The molecule has 4 rings (SSSR count). The van der Waals surface area contributed by atoms with E-state index >= 15 is 0 Å². The fourth-order valence-electron chi connectivity index (χ4n) is 3.24. The summed E-state index contributed by atoms with van der Waals surface area (Å²) < 4.78 is 21.8. The lowest BCUT2D eigenvalue weighted by atomic mass is 10.2. The molecular formula is C23H20ClFN6O2. The van der Waals surface area contributed by atoms with Crippen LogP contribution in [0, 0.1) is 12.7 Å². The number of hydrogen-bond acceptors (Lipinski definition) is 6. The molecule has 0 spiro atoms. The summed E-state index contributed by atoms with van der Waals surface area (Å²) >= 11 is 6.23. The van der Waals surface area contributed by atoms with Crippen LogP contribution in [0.2, 0.25) is 5.02 Å². The van der Waals surface area contributed by atoms with Gasteiger partial charge in [-0.3, -0.25) is 4.79 Å². The van der Waals surface area contributed by atoms with Crippen molar-refractivity contribution in [3.63, 3.8) is 0 Å². The first-order valence-electron chi connectivity index (χ1n) is 10.1. The largest absolute Gasteiger partial charge is 0.454 e. The first kappa shape index (κ1) is 22.2. The maximum absolute atomic E-state index is 14.7. The molecule has 3 heterocycles. The summed E-state index contributed by atoms with van der Waals surface area (Å²) in [5.41, 5.74) is 7.60. The number of aromatic nitrogens is 4. The normalized spacial score (nSPS) is 10.8. The van der Waals surface area contributed by atoms with Crippen molar-refractivity contribution in [2.45, 2.75) is 20.3 Å². The minimum absolute atomic E-state index is 0.00596. The summed E-state index contributed by atoms with van der Waals surface area (Å²) in [5.74, 6) is 0.0378. The molecule has 0 saturated carbocycles. The van der Waals surface area contributed by atoms with Crippen LogP contribution >= 0.6 is 11.6 Å². The number of pyridine rings is 2. The topological polar surface area (TPSA) is 108 Å². The third kappa shape index (κ3) is 4.49. The van der Waals surface area contributed by atoms with Crippen molar-refractivity contribution in [3.05, 3.63) is 82.6 Å². The van der Waals surface area contributed by atoms with Crippen molar-refractivity contribution in [2.24, 2.45) is 0 Å². The number of halogens is 2. The maximum atomic E-state index is 14.7. The van der Waals surface area contributed by atoms with Gasteiger partial charge in [-0.05, 0) is 43.7 Å². The number of nitrogens with two attached hydrogens (primary N) is 1. The molecule has 0 fully saturated rings. The SMILES string of the molecule is CCc1c(C(=O)Nc2ccc(Oc3ccnc(N)c3C)c(F)c2)cnn1-c1ncccc1Cl. The number of amides is 1.